The van der Waals surface area contributed by atoms with Crippen molar-refractivity contribution in [2.45, 2.75) is 6.18 Å². The third-order valence-corrected chi connectivity index (χ3v) is 2.60. The second-order valence-corrected chi connectivity index (χ2v) is 3.85. The van der Waals surface area contributed by atoms with Crippen LogP contribution < -0.4 is 5.73 Å². The van der Waals surface area contributed by atoms with Gasteiger partial charge in [-0.05, 0) is 34.1 Å². The number of halogens is 4. The molecule has 0 atom stereocenters. The maximum Gasteiger partial charge on any atom is 0.416 e. The number of hydrogen-bond donors (Lipinski definition) is 1. The molecule has 7 heteroatoms. The molecule has 0 saturated heterocycles. The average molecular weight is 292 g/mol. The standard InChI is InChI=1S/C9H5BrF3N3/c10-7-5-3-4(9(11,12)13)1-2-6(5)15-8(14)16-7/h1-3H,(H2,14,15,16). The number of nitrogens with zero attached hydrogens (tertiary/aromatic N) is 2. The highest BCUT2D eigenvalue weighted by atomic mass is 79.9. The molecule has 0 aliphatic rings. The van der Waals surface area contributed by atoms with Gasteiger partial charge in [-0.2, -0.15) is 13.2 Å². The number of anilines is 1. The number of alkyl halides is 3. The van der Waals surface area contributed by atoms with Crippen molar-refractivity contribution in [3.8, 4) is 0 Å². The van der Waals surface area contributed by atoms with Crippen LogP contribution in [0, 0.1) is 0 Å². The lowest BCUT2D eigenvalue weighted by Crippen LogP contribution is -2.05. The first-order valence-electron chi connectivity index (χ1n) is 4.18. The summed E-state index contributed by atoms with van der Waals surface area (Å²) in [4.78, 5) is 7.57. The van der Waals surface area contributed by atoms with Gasteiger partial charge in [0.2, 0.25) is 5.95 Å². The molecule has 0 radical (unpaired) electrons. The fourth-order valence-electron chi connectivity index (χ4n) is 1.28. The van der Waals surface area contributed by atoms with Crippen LogP contribution in [0.25, 0.3) is 10.9 Å². The SMILES string of the molecule is Nc1nc(Br)c2cc(C(F)(F)F)ccc2n1. The highest BCUT2D eigenvalue weighted by molar-refractivity contribution is 9.10. The molecule has 1 aromatic carbocycles. The van der Waals surface area contributed by atoms with E-state index in [9.17, 15) is 13.2 Å². The van der Waals surface area contributed by atoms with Crippen LogP contribution in [-0.4, -0.2) is 9.97 Å². The summed E-state index contributed by atoms with van der Waals surface area (Å²) in [5, 5.41) is 0.282. The van der Waals surface area contributed by atoms with E-state index in [-0.39, 0.29) is 15.9 Å². The lowest BCUT2D eigenvalue weighted by Gasteiger charge is -2.08. The molecule has 0 spiro atoms. The van der Waals surface area contributed by atoms with Crippen LogP contribution in [-0.2, 0) is 6.18 Å². The van der Waals surface area contributed by atoms with E-state index >= 15 is 0 Å². The number of benzene rings is 1. The first-order valence-corrected chi connectivity index (χ1v) is 4.97. The van der Waals surface area contributed by atoms with E-state index in [1.807, 2.05) is 0 Å². The van der Waals surface area contributed by atoms with Crippen molar-refractivity contribution in [3.05, 3.63) is 28.4 Å². The maximum absolute atomic E-state index is 12.4. The predicted molar refractivity (Wildman–Crippen MR) is 56.7 cm³/mol. The van der Waals surface area contributed by atoms with Gasteiger partial charge in [-0.1, -0.05) is 0 Å². The fourth-order valence-corrected chi connectivity index (χ4v) is 1.78. The maximum atomic E-state index is 12.4. The molecule has 0 unspecified atom stereocenters. The van der Waals surface area contributed by atoms with Crippen molar-refractivity contribution in [3.63, 3.8) is 0 Å². The monoisotopic (exact) mass is 291 g/mol. The Morgan fingerprint density at radius 2 is 1.88 bits per heavy atom. The first-order chi connectivity index (χ1) is 7.38. The molecule has 3 nitrogen and oxygen atoms in total. The zero-order chi connectivity index (χ0) is 11.9. The van der Waals surface area contributed by atoms with Crippen LogP contribution in [0.1, 0.15) is 5.56 Å². The van der Waals surface area contributed by atoms with Gasteiger partial charge in [0.05, 0.1) is 11.1 Å². The Labute approximate surface area is 96.6 Å². The molecule has 0 bridgehead atoms. The summed E-state index contributed by atoms with van der Waals surface area (Å²) in [6.07, 6.45) is -4.38. The zero-order valence-corrected chi connectivity index (χ0v) is 9.30. The summed E-state index contributed by atoms with van der Waals surface area (Å²) >= 11 is 3.05. The molecule has 1 aromatic heterocycles. The Kier molecular flexibility index (Phi) is 2.49. The van der Waals surface area contributed by atoms with Crippen molar-refractivity contribution in [2.24, 2.45) is 0 Å². The summed E-state index contributed by atoms with van der Waals surface area (Å²) in [6, 6.07) is 3.21. The van der Waals surface area contributed by atoms with Gasteiger partial charge in [0.15, 0.2) is 0 Å². The lowest BCUT2D eigenvalue weighted by atomic mass is 10.1. The van der Waals surface area contributed by atoms with Gasteiger partial charge in [0.1, 0.15) is 4.60 Å². The second kappa shape index (κ2) is 3.58. The van der Waals surface area contributed by atoms with Gasteiger partial charge in [0.25, 0.3) is 0 Å². The topological polar surface area (TPSA) is 51.8 Å². The minimum Gasteiger partial charge on any atom is -0.368 e. The summed E-state index contributed by atoms with van der Waals surface area (Å²) in [6.45, 7) is 0. The molecule has 2 N–H and O–H groups in total. The van der Waals surface area contributed by atoms with Crippen LogP contribution >= 0.6 is 15.9 Å². The molecular weight excluding hydrogens is 287 g/mol. The molecule has 0 amide bonds. The molecule has 84 valence electrons. The molecule has 0 fully saturated rings. The van der Waals surface area contributed by atoms with E-state index in [0.29, 0.717) is 5.52 Å². The van der Waals surface area contributed by atoms with Gasteiger partial charge in [0, 0.05) is 5.39 Å². The lowest BCUT2D eigenvalue weighted by molar-refractivity contribution is -0.137. The normalized spacial score (nSPS) is 12.0. The molecule has 0 saturated carbocycles. The third-order valence-electron chi connectivity index (χ3n) is 1.99. The van der Waals surface area contributed by atoms with Gasteiger partial charge in [-0.15, -0.1) is 0 Å². The number of rotatable bonds is 0. The minimum atomic E-state index is -4.38. The van der Waals surface area contributed by atoms with Gasteiger partial charge in [-0.3, -0.25) is 0 Å². The summed E-state index contributed by atoms with van der Waals surface area (Å²) in [7, 11) is 0. The van der Waals surface area contributed by atoms with Crippen LogP contribution in [0.2, 0.25) is 0 Å². The minimum absolute atomic E-state index is 0.0131. The average Bonchev–Trinajstić information content (AvgIpc) is 2.15. The van der Waals surface area contributed by atoms with Crippen molar-refractivity contribution in [2.75, 3.05) is 5.73 Å². The molecular formula is C9H5BrF3N3. The first kappa shape index (κ1) is 11.1. The molecule has 1 heterocycles. The molecule has 2 rings (SSSR count). The largest absolute Gasteiger partial charge is 0.416 e. The van der Waals surface area contributed by atoms with E-state index in [4.69, 9.17) is 5.73 Å². The Hall–Kier alpha value is -1.37. The number of fused-ring (bicyclic) bond motifs is 1. The summed E-state index contributed by atoms with van der Waals surface area (Å²) in [5.74, 6) is 0.0131. The molecule has 0 aliphatic carbocycles. The van der Waals surface area contributed by atoms with Crippen LogP contribution in [0.15, 0.2) is 22.8 Å². The Balaban J connectivity index is 2.72. The van der Waals surface area contributed by atoms with E-state index in [0.717, 1.165) is 12.1 Å². The van der Waals surface area contributed by atoms with Crippen molar-refractivity contribution in [1.82, 2.24) is 9.97 Å². The van der Waals surface area contributed by atoms with Gasteiger partial charge < -0.3 is 5.73 Å². The smallest absolute Gasteiger partial charge is 0.368 e. The zero-order valence-electron chi connectivity index (χ0n) is 7.72. The highest BCUT2D eigenvalue weighted by Gasteiger charge is 2.30. The number of hydrogen-bond acceptors (Lipinski definition) is 3. The fraction of sp³-hybridized carbons (Fsp3) is 0.111. The van der Waals surface area contributed by atoms with Crippen LogP contribution in [0.5, 0.6) is 0 Å². The molecule has 16 heavy (non-hydrogen) atoms. The predicted octanol–water partition coefficient (Wildman–Crippen LogP) is 2.99. The van der Waals surface area contributed by atoms with Gasteiger partial charge >= 0.3 is 6.18 Å². The Bertz CT molecular complexity index is 553. The summed E-state index contributed by atoms with van der Waals surface area (Å²) < 4.78 is 37.6. The number of nitrogens with two attached hydrogens (primary N) is 1. The molecule has 0 aliphatic heterocycles. The number of nitrogen functional groups attached to an aromatic ring is 1. The van der Waals surface area contributed by atoms with Gasteiger partial charge in [-0.25, -0.2) is 9.97 Å². The summed E-state index contributed by atoms with van der Waals surface area (Å²) in [5.41, 5.74) is 5.00. The van der Waals surface area contributed by atoms with E-state index in [1.165, 1.54) is 6.07 Å². The van der Waals surface area contributed by atoms with E-state index in [2.05, 4.69) is 25.9 Å². The molecule has 2 aromatic rings. The highest BCUT2D eigenvalue weighted by Crippen LogP contribution is 2.32. The Morgan fingerprint density at radius 1 is 1.19 bits per heavy atom. The second-order valence-electron chi connectivity index (χ2n) is 3.10. The van der Waals surface area contributed by atoms with Crippen molar-refractivity contribution >= 4 is 32.8 Å². The van der Waals surface area contributed by atoms with E-state index < -0.39 is 11.7 Å². The Morgan fingerprint density at radius 3 is 2.50 bits per heavy atom. The van der Waals surface area contributed by atoms with Crippen LogP contribution in [0.4, 0.5) is 19.1 Å². The quantitative estimate of drug-likeness (QED) is 0.759. The number of aromatic nitrogens is 2. The third kappa shape index (κ3) is 1.95. The van der Waals surface area contributed by atoms with Crippen LogP contribution in [0.3, 0.4) is 0 Å². The van der Waals surface area contributed by atoms with E-state index in [1.54, 1.807) is 0 Å². The van der Waals surface area contributed by atoms with Crippen molar-refractivity contribution < 1.29 is 13.2 Å². The van der Waals surface area contributed by atoms with Crippen molar-refractivity contribution in [1.29, 1.82) is 0 Å².